The summed E-state index contributed by atoms with van der Waals surface area (Å²) in [6.45, 7) is 6.56. The summed E-state index contributed by atoms with van der Waals surface area (Å²) in [5, 5.41) is 39.1. The fourth-order valence-electron chi connectivity index (χ4n) is 3.79. The number of nitrogens with zero attached hydrogens (tertiary/aromatic N) is 3. The van der Waals surface area contributed by atoms with Crippen LogP contribution in [0.2, 0.25) is 0 Å². The van der Waals surface area contributed by atoms with Gasteiger partial charge in [-0.15, -0.1) is 11.6 Å². The molecule has 0 amide bonds. The van der Waals surface area contributed by atoms with Crippen LogP contribution in [0.5, 0.6) is 11.5 Å². The Morgan fingerprint density at radius 3 is 2.34 bits per heavy atom. The summed E-state index contributed by atoms with van der Waals surface area (Å²) >= 11 is 9.19. The quantitative estimate of drug-likeness (QED) is 0.334. The Morgan fingerprint density at radius 1 is 1.06 bits per heavy atom. The monoisotopic (exact) mass is 569 g/mol. The summed E-state index contributed by atoms with van der Waals surface area (Å²) in [6.07, 6.45) is -1.48. The number of hydrogen-bond acceptors (Lipinski definition) is 8. The van der Waals surface area contributed by atoms with Crippen LogP contribution in [0.15, 0.2) is 57.3 Å². The van der Waals surface area contributed by atoms with Crippen molar-refractivity contribution in [2.24, 2.45) is 10.3 Å². The topological polar surface area (TPSA) is 107 Å². The molecule has 0 aromatic heterocycles. The molecule has 2 aromatic carbocycles. The number of rotatable bonds is 12. The van der Waals surface area contributed by atoms with Gasteiger partial charge in [-0.05, 0) is 58.2 Å². The number of β-amino-alcohol motifs (C(OH)–C–C–N with tert-alkyl or cyclic N) is 1. The van der Waals surface area contributed by atoms with Crippen LogP contribution in [0, 0.1) is 0 Å². The maximum Gasteiger partial charge on any atom is 0.133 e. The molecule has 0 saturated heterocycles. The highest BCUT2D eigenvalue weighted by atomic mass is 79.9. The van der Waals surface area contributed by atoms with Gasteiger partial charge in [0, 0.05) is 5.41 Å². The fraction of sp³-hybridized carbons (Fsp3) is 0.520. The standard InChI is InChI=1S/C25H33BrClN3O5/c1-16-23(13-31)30(29-28-16)12-20(33)15-34-21-7-4-17(5-8-21)25(2,3)18-6-9-24(22(26)10-18)35-14-19(32)11-27/h4-10,16,19-20,23,31-33H,11-15H2,1-3H3/t16?,19-,20-,23?/m0/s1. The van der Waals surface area contributed by atoms with Crippen molar-refractivity contribution in [1.29, 1.82) is 0 Å². The number of aliphatic hydroxyl groups is 3. The van der Waals surface area contributed by atoms with E-state index in [0.717, 1.165) is 15.6 Å². The molecule has 1 aliphatic heterocycles. The Hall–Kier alpha value is -1.91. The van der Waals surface area contributed by atoms with Gasteiger partial charge in [-0.3, -0.25) is 5.01 Å². The molecule has 1 aliphatic rings. The van der Waals surface area contributed by atoms with Gasteiger partial charge in [0.05, 0.1) is 35.6 Å². The molecule has 8 nitrogen and oxygen atoms in total. The zero-order chi connectivity index (χ0) is 25.6. The predicted octanol–water partition coefficient (Wildman–Crippen LogP) is 3.93. The van der Waals surface area contributed by atoms with E-state index in [1.807, 2.05) is 49.4 Å². The molecular formula is C25H33BrClN3O5. The summed E-state index contributed by atoms with van der Waals surface area (Å²) < 4.78 is 12.2. The zero-order valence-corrected chi connectivity index (χ0v) is 22.5. The number of aliphatic hydroxyl groups excluding tert-OH is 3. The normalized spacial score (nSPS) is 19.6. The van der Waals surface area contributed by atoms with E-state index in [4.69, 9.17) is 21.1 Å². The van der Waals surface area contributed by atoms with Gasteiger partial charge >= 0.3 is 0 Å². The van der Waals surface area contributed by atoms with Gasteiger partial charge in [0.2, 0.25) is 0 Å². The molecule has 35 heavy (non-hydrogen) atoms. The van der Waals surface area contributed by atoms with Gasteiger partial charge in [0.15, 0.2) is 0 Å². The molecule has 2 aromatic rings. The van der Waals surface area contributed by atoms with Crippen LogP contribution in [-0.2, 0) is 5.41 Å². The lowest BCUT2D eigenvalue weighted by Crippen LogP contribution is -2.42. The SMILES string of the molecule is CC1N=NN(C[C@H](O)COc2ccc(C(C)(C)c3ccc(OC[C@@H](O)CCl)c(Br)c3)cc2)C1CO. The highest BCUT2D eigenvalue weighted by Gasteiger charge is 2.30. The van der Waals surface area contributed by atoms with Crippen molar-refractivity contribution in [2.75, 3.05) is 32.2 Å². The average molecular weight is 571 g/mol. The van der Waals surface area contributed by atoms with E-state index in [0.29, 0.717) is 11.5 Å². The number of hydrogen-bond donors (Lipinski definition) is 3. The van der Waals surface area contributed by atoms with Crippen LogP contribution in [0.4, 0.5) is 0 Å². The smallest absolute Gasteiger partial charge is 0.133 e. The molecule has 0 spiro atoms. The Kier molecular flexibility index (Phi) is 9.77. The van der Waals surface area contributed by atoms with Crippen molar-refractivity contribution in [2.45, 2.75) is 50.5 Å². The molecule has 0 fully saturated rings. The Balaban J connectivity index is 1.58. The van der Waals surface area contributed by atoms with E-state index >= 15 is 0 Å². The zero-order valence-electron chi connectivity index (χ0n) is 20.1. The van der Waals surface area contributed by atoms with Crippen molar-refractivity contribution in [3.8, 4) is 11.5 Å². The van der Waals surface area contributed by atoms with Gasteiger partial charge < -0.3 is 24.8 Å². The summed E-state index contributed by atoms with van der Waals surface area (Å²) in [5.74, 6) is 1.42. The van der Waals surface area contributed by atoms with Gasteiger partial charge in [0.25, 0.3) is 0 Å². The van der Waals surface area contributed by atoms with Crippen LogP contribution < -0.4 is 9.47 Å². The van der Waals surface area contributed by atoms with Gasteiger partial charge in [-0.25, -0.2) is 0 Å². The summed E-state index contributed by atoms with van der Waals surface area (Å²) in [5.41, 5.74) is 1.90. The second kappa shape index (κ2) is 12.4. The molecule has 0 radical (unpaired) electrons. The van der Waals surface area contributed by atoms with Crippen molar-refractivity contribution in [3.05, 3.63) is 58.1 Å². The second-order valence-corrected chi connectivity index (χ2v) is 10.4. The molecular weight excluding hydrogens is 538 g/mol. The number of halogens is 2. The molecule has 0 bridgehead atoms. The van der Waals surface area contributed by atoms with E-state index in [1.54, 1.807) is 5.01 Å². The van der Waals surface area contributed by atoms with Crippen LogP contribution >= 0.6 is 27.5 Å². The fourth-order valence-corrected chi connectivity index (χ4v) is 4.37. The first-order chi connectivity index (χ1) is 16.6. The highest BCUT2D eigenvalue weighted by Crippen LogP contribution is 2.36. The lowest BCUT2D eigenvalue weighted by molar-refractivity contribution is 0.0449. The van der Waals surface area contributed by atoms with Gasteiger partial charge in [0.1, 0.15) is 36.9 Å². The number of alkyl halides is 1. The largest absolute Gasteiger partial charge is 0.491 e. The molecule has 1 heterocycles. The van der Waals surface area contributed by atoms with Crippen LogP contribution in [-0.4, -0.2) is 76.9 Å². The van der Waals surface area contributed by atoms with E-state index in [2.05, 4.69) is 40.1 Å². The maximum absolute atomic E-state index is 10.3. The molecule has 4 atom stereocenters. The van der Waals surface area contributed by atoms with Crippen molar-refractivity contribution < 1.29 is 24.8 Å². The third-order valence-corrected chi connectivity index (χ3v) is 7.13. The van der Waals surface area contributed by atoms with Crippen LogP contribution in [0.25, 0.3) is 0 Å². The highest BCUT2D eigenvalue weighted by molar-refractivity contribution is 9.10. The third-order valence-electron chi connectivity index (χ3n) is 6.15. The first kappa shape index (κ1) is 27.7. The molecule has 3 rings (SSSR count). The van der Waals surface area contributed by atoms with Crippen LogP contribution in [0.3, 0.4) is 0 Å². The number of ether oxygens (including phenoxy) is 2. The maximum atomic E-state index is 10.3. The minimum atomic E-state index is -0.770. The minimum absolute atomic E-state index is 0.0670. The molecule has 0 saturated carbocycles. The minimum Gasteiger partial charge on any atom is -0.491 e. The van der Waals surface area contributed by atoms with Crippen molar-refractivity contribution >= 4 is 27.5 Å². The first-order valence-electron chi connectivity index (χ1n) is 11.5. The summed E-state index contributed by atoms with van der Waals surface area (Å²) in [7, 11) is 0. The van der Waals surface area contributed by atoms with Crippen molar-refractivity contribution in [1.82, 2.24) is 5.01 Å². The van der Waals surface area contributed by atoms with Gasteiger partial charge in [-0.2, -0.15) is 5.11 Å². The molecule has 192 valence electrons. The Labute approximate surface area is 219 Å². The Bertz CT molecular complexity index is 992. The number of benzene rings is 2. The first-order valence-corrected chi connectivity index (χ1v) is 12.8. The predicted molar refractivity (Wildman–Crippen MR) is 138 cm³/mol. The third kappa shape index (κ3) is 7.07. The second-order valence-electron chi connectivity index (χ2n) is 9.20. The van der Waals surface area contributed by atoms with Gasteiger partial charge in [-0.1, -0.05) is 37.3 Å². The lowest BCUT2D eigenvalue weighted by atomic mass is 9.78. The lowest BCUT2D eigenvalue weighted by Gasteiger charge is -2.27. The van der Waals surface area contributed by atoms with Crippen molar-refractivity contribution in [3.63, 3.8) is 0 Å². The molecule has 3 N–H and O–H groups in total. The van der Waals surface area contributed by atoms with E-state index in [-0.39, 0.29) is 49.7 Å². The van der Waals surface area contributed by atoms with E-state index in [1.165, 1.54) is 0 Å². The summed E-state index contributed by atoms with van der Waals surface area (Å²) in [4.78, 5) is 0. The molecule has 2 unspecified atom stereocenters. The van der Waals surface area contributed by atoms with Crippen LogP contribution in [0.1, 0.15) is 31.9 Å². The van der Waals surface area contributed by atoms with E-state index in [9.17, 15) is 15.3 Å². The average Bonchev–Trinajstić information content (AvgIpc) is 3.20. The molecule has 0 aliphatic carbocycles. The Morgan fingerprint density at radius 2 is 1.71 bits per heavy atom. The summed E-state index contributed by atoms with van der Waals surface area (Å²) in [6, 6.07) is 13.4. The molecule has 10 heteroatoms. The van der Waals surface area contributed by atoms with E-state index < -0.39 is 12.2 Å².